The Morgan fingerprint density at radius 3 is 2.81 bits per heavy atom. The van der Waals surface area contributed by atoms with Crippen LogP contribution in [0.15, 0.2) is 64.3 Å². The zero-order chi connectivity index (χ0) is 21.5. The SMILES string of the molecule is CCNC(=NCc1coc(-c2ccc(C)cc2)n1)NCCCc1nnc2ccccn12. The molecule has 3 heterocycles. The van der Waals surface area contributed by atoms with Gasteiger partial charge in [0.2, 0.25) is 5.89 Å². The highest BCUT2D eigenvalue weighted by atomic mass is 16.3. The molecule has 0 saturated heterocycles. The van der Waals surface area contributed by atoms with E-state index in [2.05, 4.69) is 37.7 Å². The number of oxazole rings is 1. The number of hydrogen-bond donors (Lipinski definition) is 2. The molecule has 8 heteroatoms. The molecule has 0 fully saturated rings. The number of fused-ring (bicyclic) bond motifs is 1. The van der Waals surface area contributed by atoms with Gasteiger partial charge in [-0.05, 0) is 44.5 Å². The number of pyridine rings is 1. The van der Waals surface area contributed by atoms with Crippen molar-refractivity contribution in [2.75, 3.05) is 13.1 Å². The molecule has 0 saturated carbocycles. The van der Waals surface area contributed by atoms with Crippen molar-refractivity contribution in [1.82, 2.24) is 30.2 Å². The van der Waals surface area contributed by atoms with E-state index >= 15 is 0 Å². The van der Waals surface area contributed by atoms with E-state index in [9.17, 15) is 0 Å². The summed E-state index contributed by atoms with van der Waals surface area (Å²) in [6, 6.07) is 14.0. The van der Waals surface area contributed by atoms with Crippen LogP contribution in [0.2, 0.25) is 0 Å². The second-order valence-electron chi connectivity index (χ2n) is 7.28. The number of nitrogens with one attached hydrogen (secondary N) is 2. The minimum absolute atomic E-state index is 0.444. The summed E-state index contributed by atoms with van der Waals surface area (Å²) in [6.45, 7) is 6.11. The van der Waals surface area contributed by atoms with Gasteiger partial charge < -0.3 is 15.1 Å². The number of guanidine groups is 1. The van der Waals surface area contributed by atoms with E-state index < -0.39 is 0 Å². The number of aromatic nitrogens is 4. The Bertz CT molecular complexity index is 1140. The van der Waals surface area contributed by atoms with Gasteiger partial charge in [-0.2, -0.15) is 0 Å². The van der Waals surface area contributed by atoms with Gasteiger partial charge in [-0.3, -0.25) is 4.40 Å². The zero-order valence-corrected chi connectivity index (χ0v) is 17.9. The third-order valence-electron chi connectivity index (χ3n) is 4.85. The molecule has 0 radical (unpaired) electrons. The number of hydrogen-bond acceptors (Lipinski definition) is 5. The van der Waals surface area contributed by atoms with Gasteiger partial charge in [0, 0.05) is 31.3 Å². The van der Waals surface area contributed by atoms with E-state index in [1.165, 1.54) is 5.56 Å². The molecule has 0 aliphatic carbocycles. The molecule has 0 unspecified atom stereocenters. The van der Waals surface area contributed by atoms with Crippen molar-refractivity contribution >= 4 is 11.6 Å². The number of aliphatic imine (C=N–C) groups is 1. The van der Waals surface area contributed by atoms with Crippen LogP contribution in [0, 0.1) is 6.92 Å². The Labute approximate surface area is 181 Å². The highest BCUT2D eigenvalue weighted by Gasteiger charge is 2.07. The van der Waals surface area contributed by atoms with Gasteiger partial charge in [0.25, 0.3) is 0 Å². The van der Waals surface area contributed by atoms with Crippen molar-refractivity contribution in [1.29, 1.82) is 0 Å². The van der Waals surface area contributed by atoms with Gasteiger partial charge in [-0.25, -0.2) is 9.98 Å². The van der Waals surface area contributed by atoms with Gasteiger partial charge >= 0.3 is 0 Å². The summed E-state index contributed by atoms with van der Waals surface area (Å²) in [7, 11) is 0. The Hall–Kier alpha value is -3.68. The van der Waals surface area contributed by atoms with Gasteiger partial charge in [-0.1, -0.05) is 23.8 Å². The lowest BCUT2D eigenvalue weighted by Crippen LogP contribution is -2.37. The maximum atomic E-state index is 5.62. The van der Waals surface area contributed by atoms with Crippen LogP contribution < -0.4 is 10.6 Å². The lowest BCUT2D eigenvalue weighted by Gasteiger charge is -2.10. The Kier molecular flexibility index (Phi) is 6.56. The molecule has 2 N–H and O–H groups in total. The highest BCUT2D eigenvalue weighted by Crippen LogP contribution is 2.19. The lowest BCUT2D eigenvalue weighted by atomic mass is 10.1. The molecule has 0 amide bonds. The monoisotopic (exact) mass is 417 g/mol. The van der Waals surface area contributed by atoms with Crippen LogP contribution >= 0.6 is 0 Å². The fourth-order valence-corrected chi connectivity index (χ4v) is 3.22. The first-order valence-corrected chi connectivity index (χ1v) is 10.5. The Morgan fingerprint density at radius 2 is 1.97 bits per heavy atom. The number of rotatable bonds is 8. The van der Waals surface area contributed by atoms with E-state index in [0.29, 0.717) is 12.4 Å². The summed E-state index contributed by atoms with van der Waals surface area (Å²) in [4.78, 5) is 9.18. The molecule has 1 aromatic carbocycles. The lowest BCUT2D eigenvalue weighted by molar-refractivity contribution is 0.572. The molecule has 8 nitrogen and oxygen atoms in total. The van der Waals surface area contributed by atoms with Crippen LogP contribution in [0.5, 0.6) is 0 Å². The largest absolute Gasteiger partial charge is 0.444 e. The average Bonchev–Trinajstić information content (AvgIpc) is 3.43. The molecular weight excluding hydrogens is 390 g/mol. The van der Waals surface area contributed by atoms with Crippen LogP contribution in [0.25, 0.3) is 17.1 Å². The molecule has 160 valence electrons. The average molecular weight is 418 g/mol. The third-order valence-corrected chi connectivity index (χ3v) is 4.85. The van der Waals surface area contributed by atoms with Crippen LogP contribution in [0.3, 0.4) is 0 Å². The van der Waals surface area contributed by atoms with Gasteiger partial charge in [0.05, 0.1) is 6.54 Å². The summed E-state index contributed by atoms with van der Waals surface area (Å²) in [5.74, 6) is 2.34. The van der Waals surface area contributed by atoms with E-state index in [1.54, 1.807) is 6.26 Å². The van der Waals surface area contributed by atoms with Crippen molar-refractivity contribution in [3.05, 3.63) is 72.0 Å². The standard InChI is InChI=1S/C23H27N7O/c1-3-24-23(25-13-6-8-21-29-28-20-7-4-5-14-30(20)21)26-15-19-16-31-22(27-19)18-11-9-17(2)10-12-18/h4-5,7,9-12,14,16H,3,6,8,13,15H2,1-2H3,(H2,24,25,26). The summed E-state index contributed by atoms with van der Waals surface area (Å²) in [6.07, 6.45) is 5.41. The first-order chi connectivity index (χ1) is 15.2. The fraction of sp³-hybridized carbons (Fsp3) is 0.304. The zero-order valence-electron chi connectivity index (χ0n) is 17.9. The summed E-state index contributed by atoms with van der Waals surface area (Å²) in [5.41, 5.74) is 3.84. The molecule has 4 rings (SSSR count). The quantitative estimate of drug-likeness (QED) is 0.259. The van der Waals surface area contributed by atoms with Crippen molar-refractivity contribution in [3.8, 4) is 11.5 Å². The first-order valence-electron chi connectivity index (χ1n) is 10.5. The molecule has 3 aromatic heterocycles. The Morgan fingerprint density at radius 1 is 1.10 bits per heavy atom. The maximum absolute atomic E-state index is 5.62. The smallest absolute Gasteiger partial charge is 0.226 e. The molecular formula is C23H27N7O. The van der Waals surface area contributed by atoms with E-state index in [0.717, 1.165) is 54.6 Å². The third kappa shape index (κ3) is 5.28. The van der Waals surface area contributed by atoms with Crippen LogP contribution in [-0.4, -0.2) is 38.6 Å². The first kappa shape index (κ1) is 20.6. The predicted octanol–water partition coefficient (Wildman–Crippen LogP) is 3.38. The highest BCUT2D eigenvalue weighted by molar-refractivity contribution is 5.79. The number of benzene rings is 1. The predicted molar refractivity (Wildman–Crippen MR) is 121 cm³/mol. The summed E-state index contributed by atoms with van der Waals surface area (Å²) in [5, 5.41) is 15.1. The van der Waals surface area contributed by atoms with E-state index in [4.69, 9.17) is 4.42 Å². The van der Waals surface area contributed by atoms with Crippen molar-refractivity contribution < 1.29 is 4.42 Å². The second kappa shape index (κ2) is 9.88. The number of aryl methyl sites for hydroxylation is 2. The van der Waals surface area contributed by atoms with E-state index in [-0.39, 0.29) is 0 Å². The van der Waals surface area contributed by atoms with Crippen molar-refractivity contribution in [2.45, 2.75) is 33.2 Å². The molecule has 31 heavy (non-hydrogen) atoms. The van der Waals surface area contributed by atoms with E-state index in [1.807, 2.05) is 60.0 Å². The normalized spacial score (nSPS) is 11.7. The van der Waals surface area contributed by atoms with Crippen LogP contribution in [0.4, 0.5) is 0 Å². The van der Waals surface area contributed by atoms with Crippen molar-refractivity contribution in [3.63, 3.8) is 0 Å². The van der Waals surface area contributed by atoms with Gasteiger partial charge in [-0.15, -0.1) is 10.2 Å². The minimum atomic E-state index is 0.444. The molecule has 0 atom stereocenters. The van der Waals surface area contributed by atoms with Gasteiger partial charge in [0.1, 0.15) is 17.8 Å². The molecule has 0 spiro atoms. The topological polar surface area (TPSA) is 92.6 Å². The fourth-order valence-electron chi connectivity index (χ4n) is 3.22. The maximum Gasteiger partial charge on any atom is 0.226 e. The van der Waals surface area contributed by atoms with Crippen LogP contribution in [0.1, 0.15) is 30.4 Å². The minimum Gasteiger partial charge on any atom is -0.444 e. The summed E-state index contributed by atoms with van der Waals surface area (Å²) >= 11 is 0. The van der Waals surface area contributed by atoms with Crippen molar-refractivity contribution in [2.24, 2.45) is 4.99 Å². The van der Waals surface area contributed by atoms with Crippen LogP contribution in [-0.2, 0) is 13.0 Å². The molecule has 4 aromatic rings. The molecule has 0 aliphatic rings. The molecule has 0 aliphatic heterocycles. The summed E-state index contributed by atoms with van der Waals surface area (Å²) < 4.78 is 7.64. The number of nitrogens with zero attached hydrogens (tertiary/aromatic N) is 5. The van der Waals surface area contributed by atoms with Gasteiger partial charge in [0.15, 0.2) is 11.6 Å². The second-order valence-corrected chi connectivity index (χ2v) is 7.28. The molecule has 0 bridgehead atoms. The Balaban J connectivity index is 1.30.